The minimum absolute atomic E-state index is 0.0282. The molecular weight excluding hydrogens is 407 g/mol. The minimum atomic E-state index is -0.283. The summed E-state index contributed by atoms with van der Waals surface area (Å²) in [5, 5.41) is 2.96. The zero-order valence-electron chi connectivity index (χ0n) is 19.0. The molecule has 5 nitrogen and oxygen atoms in total. The van der Waals surface area contributed by atoms with Crippen molar-refractivity contribution in [1.82, 2.24) is 10.2 Å². The van der Waals surface area contributed by atoms with Crippen LogP contribution in [0.4, 0.5) is 4.39 Å². The van der Waals surface area contributed by atoms with Gasteiger partial charge in [-0.15, -0.1) is 0 Å². The number of benzene rings is 2. The number of ether oxygens (including phenoxy) is 1. The fraction of sp³-hybridized carbons (Fsp3) is 0.462. The van der Waals surface area contributed by atoms with Crippen LogP contribution in [0.15, 0.2) is 48.5 Å². The highest BCUT2D eigenvalue weighted by Gasteiger charge is 2.23. The van der Waals surface area contributed by atoms with Crippen LogP contribution in [0.25, 0.3) is 0 Å². The standard InChI is InChI=1S/C26H33FN2O3/c1-19(2)17-20-3-5-22(6-4-20)25(30)11-12-26(31)28-18-24(29-13-15-32-16-14-29)21-7-9-23(27)10-8-21/h3-10,19,24H,11-18H2,1-2H3,(H,28,31). The van der Waals surface area contributed by atoms with Crippen molar-refractivity contribution in [2.24, 2.45) is 5.92 Å². The first-order valence-electron chi connectivity index (χ1n) is 11.4. The van der Waals surface area contributed by atoms with E-state index in [1.54, 1.807) is 12.1 Å². The molecule has 1 aliphatic heterocycles. The van der Waals surface area contributed by atoms with E-state index in [1.165, 1.54) is 17.7 Å². The van der Waals surface area contributed by atoms with Crippen LogP contribution in [0.2, 0.25) is 0 Å². The molecule has 3 rings (SSSR count). The SMILES string of the molecule is CC(C)Cc1ccc(C(=O)CCC(=O)NCC(c2ccc(F)cc2)N2CCOCC2)cc1. The zero-order valence-corrected chi connectivity index (χ0v) is 19.0. The third-order valence-electron chi connectivity index (χ3n) is 5.73. The second kappa shape index (κ2) is 11.9. The highest BCUT2D eigenvalue weighted by molar-refractivity contribution is 5.97. The van der Waals surface area contributed by atoms with Gasteiger partial charge in [0.2, 0.25) is 5.91 Å². The molecule has 1 amide bonds. The number of hydrogen-bond acceptors (Lipinski definition) is 4. The van der Waals surface area contributed by atoms with E-state index in [0.29, 0.717) is 31.2 Å². The Morgan fingerprint density at radius 3 is 2.28 bits per heavy atom. The fourth-order valence-corrected chi connectivity index (χ4v) is 4.00. The molecule has 0 saturated carbocycles. The van der Waals surface area contributed by atoms with Crippen LogP contribution in [0.3, 0.4) is 0 Å². The lowest BCUT2D eigenvalue weighted by atomic mass is 9.99. The van der Waals surface area contributed by atoms with E-state index < -0.39 is 0 Å². The molecule has 2 aromatic rings. The molecule has 1 saturated heterocycles. The topological polar surface area (TPSA) is 58.6 Å². The Morgan fingerprint density at radius 2 is 1.66 bits per heavy atom. The summed E-state index contributed by atoms with van der Waals surface area (Å²) in [5.74, 6) is 0.0976. The Morgan fingerprint density at radius 1 is 1.00 bits per heavy atom. The molecule has 6 heteroatoms. The van der Waals surface area contributed by atoms with Crippen molar-refractivity contribution in [2.75, 3.05) is 32.8 Å². The fourth-order valence-electron chi connectivity index (χ4n) is 4.00. The van der Waals surface area contributed by atoms with E-state index in [1.807, 2.05) is 24.3 Å². The number of rotatable bonds is 10. The summed E-state index contributed by atoms with van der Waals surface area (Å²) < 4.78 is 18.8. The van der Waals surface area contributed by atoms with Crippen LogP contribution in [-0.4, -0.2) is 49.4 Å². The normalized spacial score (nSPS) is 15.5. The molecule has 1 fully saturated rings. The molecule has 1 N–H and O–H groups in total. The van der Waals surface area contributed by atoms with Crippen LogP contribution in [0.5, 0.6) is 0 Å². The van der Waals surface area contributed by atoms with Gasteiger partial charge in [-0.25, -0.2) is 4.39 Å². The highest BCUT2D eigenvalue weighted by Crippen LogP contribution is 2.22. The summed E-state index contributed by atoms with van der Waals surface area (Å²) in [5.41, 5.74) is 2.80. The quantitative estimate of drug-likeness (QED) is 0.563. The third kappa shape index (κ3) is 7.24. The Kier molecular flexibility index (Phi) is 8.94. The maximum Gasteiger partial charge on any atom is 0.220 e. The van der Waals surface area contributed by atoms with Crippen LogP contribution >= 0.6 is 0 Å². The smallest absolute Gasteiger partial charge is 0.220 e. The lowest BCUT2D eigenvalue weighted by molar-refractivity contribution is -0.121. The summed E-state index contributed by atoms with van der Waals surface area (Å²) in [6.45, 7) is 7.51. The molecule has 0 radical (unpaired) electrons. The van der Waals surface area contributed by atoms with Gasteiger partial charge in [0.1, 0.15) is 5.82 Å². The zero-order chi connectivity index (χ0) is 22.9. The number of amides is 1. The maximum absolute atomic E-state index is 13.4. The summed E-state index contributed by atoms with van der Waals surface area (Å²) in [6.07, 6.45) is 1.30. The van der Waals surface area contributed by atoms with Crippen LogP contribution < -0.4 is 5.32 Å². The lowest BCUT2D eigenvalue weighted by Crippen LogP contribution is -2.43. The van der Waals surface area contributed by atoms with Gasteiger partial charge in [-0.3, -0.25) is 14.5 Å². The van der Waals surface area contributed by atoms with E-state index >= 15 is 0 Å². The Labute approximate surface area is 190 Å². The van der Waals surface area contributed by atoms with Gasteiger partial charge < -0.3 is 10.1 Å². The van der Waals surface area contributed by atoms with Crippen molar-refractivity contribution < 1.29 is 18.7 Å². The molecule has 32 heavy (non-hydrogen) atoms. The average Bonchev–Trinajstić information content (AvgIpc) is 2.79. The number of hydrogen-bond donors (Lipinski definition) is 1. The number of carbonyl (C=O) groups excluding carboxylic acids is 2. The largest absolute Gasteiger partial charge is 0.379 e. The molecule has 0 bridgehead atoms. The molecule has 0 aliphatic carbocycles. The number of halogens is 1. The Hall–Kier alpha value is -2.57. The number of ketones is 1. The van der Waals surface area contributed by atoms with E-state index in [9.17, 15) is 14.0 Å². The molecule has 1 atom stereocenters. The first kappa shape index (κ1) is 24.1. The first-order valence-corrected chi connectivity index (χ1v) is 11.4. The maximum atomic E-state index is 13.4. The summed E-state index contributed by atoms with van der Waals surface area (Å²) in [4.78, 5) is 27.2. The van der Waals surface area contributed by atoms with Crippen LogP contribution in [0.1, 0.15) is 54.2 Å². The van der Waals surface area contributed by atoms with Gasteiger partial charge in [-0.1, -0.05) is 50.2 Å². The van der Waals surface area contributed by atoms with Crippen molar-refractivity contribution in [1.29, 1.82) is 0 Å². The first-order chi connectivity index (χ1) is 15.4. The number of carbonyl (C=O) groups is 2. The number of Topliss-reactive ketones (excluding diaryl/α,β-unsaturated/α-hetero) is 1. The predicted molar refractivity (Wildman–Crippen MR) is 123 cm³/mol. The highest BCUT2D eigenvalue weighted by atomic mass is 19.1. The second-order valence-electron chi connectivity index (χ2n) is 8.74. The molecule has 0 spiro atoms. The van der Waals surface area contributed by atoms with Gasteiger partial charge in [-0.05, 0) is 35.6 Å². The molecular formula is C26H33FN2O3. The summed E-state index contributed by atoms with van der Waals surface area (Å²) in [7, 11) is 0. The predicted octanol–water partition coefficient (Wildman–Crippen LogP) is 4.18. The number of morpholine rings is 1. The van der Waals surface area contributed by atoms with Crippen molar-refractivity contribution in [3.63, 3.8) is 0 Å². The molecule has 0 aromatic heterocycles. The van der Waals surface area contributed by atoms with E-state index in [2.05, 4.69) is 24.1 Å². The van der Waals surface area contributed by atoms with Gasteiger partial charge in [-0.2, -0.15) is 0 Å². The monoisotopic (exact) mass is 440 g/mol. The molecule has 1 heterocycles. The van der Waals surface area contributed by atoms with Crippen molar-refractivity contribution in [3.8, 4) is 0 Å². The van der Waals surface area contributed by atoms with Crippen LogP contribution in [0, 0.1) is 11.7 Å². The van der Waals surface area contributed by atoms with Crippen molar-refractivity contribution in [2.45, 2.75) is 39.2 Å². The average molecular weight is 441 g/mol. The molecule has 1 aliphatic rings. The Bertz CT molecular complexity index is 875. The summed E-state index contributed by atoms with van der Waals surface area (Å²) >= 11 is 0. The minimum Gasteiger partial charge on any atom is -0.379 e. The van der Waals surface area contributed by atoms with Gasteiger partial charge in [0.25, 0.3) is 0 Å². The van der Waals surface area contributed by atoms with E-state index in [0.717, 1.165) is 25.1 Å². The van der Waals surface area contributed by atoms with Crippen LogP contribution in [-0.2, 0) is 16.0 Å². The van der Waals surface area contributed by atoms with Gasteiger partial charge in [0, 0.05) is 38.0 Å². The molecule has 172 valence electrons. The van der Waals surface area contributed by atoms with Gasteiger partial charge in [0.15, 0.2) is 5.78 Å². The number of nitrogens with zero attached hydrogens (tertiary/aromatic N) is 1. The second-order valence-corrected chi connectivity index (χ2v) is 8.74. The van der Waals surface area contributed by atoms with E-state index in [-0.39, 0.29) is 36.4 Å². The van der Waals surface area contributed by atoms with Gasteiger partial charge in [0.05, 0.1) is 19.3 Å². The van der Waals surface area contributed by atoms with E-state index in [4.69, 9.17) is 4.74 Å². The molecule has 1 unspecified atom stereocenters. The Balaban J connectivity index is 1.52. The van der Waals surface area contributed by atoms with Crippen molar-refractivity contribution >= 4 is 11.7 Å². The lowest BCUT2D eigenvalue weighted by Gasteiger charge is -2.35. The van der Waals surface area contributed by atoms with Gasteiger partial charge >= 0.3 is 0 Å². The number of nitrogens with one attached hydrogen (secondary N) is 1. The van der Waals surface area contributed by atoms with Crippen molar-refractivity contribution in [3.05, 3.63) is 71.0 Å². The summed E-state index contributed by atoms with van der Waals surface area (Å²) in [6, 6.07) is 14.0. The third-order valence-corrected chi connectivity index (χ3v) is 5.73. The molecule has 2 aromatic carbocycles.